The normalized spacial score (nSPS) is 22.2. The predicted octanol–water partition coefficient (Wildman–Crippen LogP) is 2.03. The molecule has 2 aliphatic heterocycles. The number of hydrogen-bond acceptors (Lipinski definition) is 4. The first kappa shape index (κ1) is 17.0. The lowest BCUT2D eigenvalue weighted by Gasteiger charge is -2.35. The maximum Gasteiger partial charge on any atom is 0.251 e. The van der Waals surface area contributed by atoms with Crippen molar-refractivity contribution in [3.8, 4) is 5.75 Å². The van der Waals surface area contributed by atoms with Crippen LogP contribution in [0.2, 0.25) is 0 Å². The van der Waals surface area contributed by atoms with E-state index in [4.69, 9.17) is 9.47 Å². The fourth-order valence-corrected chi connectivity index (χ4v) is 3.26. The monoisotopic (exact) mass is 330 g/mol. The van der Waals surface area contributed by atoms with Crippen LogP contribution in [0.5, 0.6) is 5.75 Å². The summed E-state index contributed by atoms with van der Waals surface area (Å²) in [6, 6.07) is 8.00. The van der Waals surface area contributed by atoms with Crippen LogP contribution >= 0.6 is 0 Å². The maximum atomic E-state index is 12.3. The molecule has 5 heteroatoms. The zero-order valence-electron chi connectivity index (χ0n) is 14.3. The predicted molar refractivity (Wildman–Crippen MR) is 94.0 cm³/mol. The van der Waals surface area contributed by atoms with Crippen molar-refractivity contribution in [3.63, 3.8) is 0 Å². The smallest absolute Gasteiger partial charge is 0.251 e. The minimum atomic E-state index is -0.193. The van der Waals surface area contributed by atoms with Gasteiger partial charge < -0.3 is 14.4 Å². The van der Waals surface area contributed by atoms with Gasteiger partial charge in [-0.15, -0.1) is 0 Å². The number of nitrogens with zero attached hydrogens (tertiary/aromatic N) is 2. The van der Waals surface area contributed by atoms with Crippen LogP contribution in [-0.4, -0.2) is 68.3 Å². The molecule has 5 nitrogen and oxygen atoms in total. The van der Waals surface area contributed by atoms with Crippen LogP contribution < -0.4 is 4.74 Å². The summed E-state index contributed by atoms with van der Waals surface area (Å²) in [5.41, 5.74) is 1.09. The maximum absolute atomic E-state index is 12.3. The largest absolute Gasteiger partial charge is 0.496 e. The van der Waals surface area contributed by atoms with Crippen molar-refractivity contribution in [2.24, 2.45) is 0 Å². The Morgan fingerprint density at radius 3 is 2.79 bits per heavy atom. The van der Waals surface area contributed by atoms with Gasteiger partial charge in [0.15, 0.2) is 0 Å². The number of piperazine rings is 1. The lowest BCUT2D eigenvalue weighted by atomic mass is 10.2. The number of benzene rings is 1. The highest BCUT2D eigenvalue weighted by molar-refractivity contribution is 5.81. The fraction of sp³-hybridized carbons (Fsp3) is 0.526. The molecule has 1 amide bonds. The highest BCUT2D eigenvalue weighted by Crippen LogP contribution is 2.19. The zero-order valence-corrected chi connectivity index (χ0v) is 14.3. The van der Waals surface area contributed by atoms with Crippen LogP contribution in [-0.2, 0) is 9.53 Å². The number of hydrogen-bond donors (Lipinski definition) is 0. The van der Waals surface area contributed by atoms with E-state index < -0.39 is 0 Å². The molecule has 24 heavy (non-hydrogen) atoms. The Kier molecular flexibility index (Phi) is 5.88. The molecule has 0 saturated carbocycles. The van der Waals surface area contributed by atoms with Gasteiger partial charge in [-0.05, 0) is 18.9 Å². The highest BCUT2D eigenvalue weighted by atomic mass is 16.5. The Balaban J connectivity index is 1.45. The number of carbonyl (C=O) groups is 1. The summed E-state index contributed by atoms with van der Waals surface area (Å²) in [6.45, 7) is 5.02. The van der Waals surface area contributed by atoms with Crippen LogP contribution in [0, 0.1) is 0 Å². The van der Waals surface area contributed by atoms with Crippen molar-refractivity contribution in [1.29, 1.82) is 0 Å². The van der Waals surface area contributed by atoms with Crippen molar-refractivity contribution in [2.75, 3.05) is 46.4 Å². The Bertz CT molecular complexity index is 574. The summed E-state index contributed by atoms with van der Waals surface area (Å²) in [4.78, 5) is 16.7. The van der Waals surface area contributed by atoms with Crippen LogP contribution in [0.25, 0.3) is 6.08 Å². The van der Waals surface area contributed by atoms with E-state index in [1.807, 2.05) is 29.2 Å². The van der Waals surface area contributed by atoms with Crippen molar-refractivity contribution >= 4 is 12.0 Å². The SMILES string of the molecule is COc1ccccc1/C=C/CN1CCN(C(=O)C2CCCO2)CC1. The molecule has 1 unspecified atom stereocenters. The quantitative estimate of drug-likeness (QED) is 0.828. The van der Waals surface area contributed by atoms with Gasteiger partial charge in [-0.2, -0.15) is 0 Å². The van der Waals surface area contributed by atoms with Crippen LogP contribution in [0.3, 0.4) is 0 Å². The Morgan fingerprint density at radius 2 is 2.08 bits per heavy atom. The molecule has 3 rings (SSSR count). The molecule has 0 N–H and O–H groups in total. The van der Waals surface area contributed by atoms with Gasteiger partial charge in [0.2, 0.25) is 0 Å². The van der Waals surface area contributed by atoms with E-state index in [9.17, 15) is 4.79 Å². The number of amides is 1. The van der Waals surface area contributed by atoms with E-state index in [0.29, 0.717) is 0 Å². The lowest BCUT2D eigenvalue weighted by Crippen LogP contribution is -2.51. The van der Waals surface area contributed by atoms with Gasteiger partial charge in [0.1, 0.15) is 11.9 Å². The minimum Gasteiger partial charge on any atom is -0.496 e. The molecular weight excluding hydrogens is 304 g/mol. The molecule has 2 aliphatic rings. The minimum absolute atomic E-state index is 0.178. The molecule has 0 radical (unpaired) electrons. The van der Waals surface area contributed by atoms with Crippen molar-refractivity contribution in [1.82, 2.24) is 9.80 Å². The molecular formula is C19H26N2O3. The molecule has 1 atom stereocenters. The number of para-hydroxylation sites is 1. The fourth-order valence-electron chi connectivity index (χ4n) is 3.26. The van der Waals surface area contributed by atoms with Gasteiger partial charge in [-0.25, -0.2) is 0 Å². The first-order chi connectivity index (χ1) is 11.8. The van der Waals surface area contributed by atoms with Crippen molar-refractivity contribution in [2.45, 2.75) is 18.9 Å². The van der Waals surface area contributed by atoms with E-state index in [1.165, 1.54) is 0 Å². The average molecular weight is 330 g/mol. The van der Waals surface area contributed by atoms with Crippen LogP contribution in [0.4, 0.5) is 0 Å². The van der Waals surface area contributed by atoms with E-state index in [1.54, 1.807) is 7.11 Å². The van der Waals surface area contributed by atoms with Gasteiger partial charge in [0, 0.05) is 44.9 Å². The molecule has 1 aromatic carbocycles. The molecule has 0 aliphatic carbocycles. The summed E-state index contributed by atoms with van der Waals surface area (Å²) in [6.07, 6.45) is 5.95. The summed E-state index contributed by atoms with van der Waals surface area (Å²) >= 11 is 0. The third kappa shape index (κ3) is 4.16. The summed E-state index contributed by atoms with van der Waals surface area (Å²) < 4.78 is 10.9. The Hall–Kier alpha value is -1.85. The Morgan fingerprint density at radius 1 is 1.29 bits per heavy atom. The standard InChI is InChI=1S/C19H26N2O3/c1-23-17-8-3-2-6-16(17)7-4-10-20-11-13-21(14-12-20)19(22)18-9-5-15-24-18/h2-4,6-8,18H,5,9-15H2,1H3/b7-4+. The van der Waals surface area contributed by atoms with Gasteiger partial charge in [0.25, 0.3) is 5.91 Å². The highest BCUT2D eigenvalue weighted by Gasteiger charge is 2.29. The average Bonchev–Trinajstić information content (AvgIpc) is 3.17. The van der Waals surface area contributed by atoms with E-state index in [2.05, 4.69) is 17.1 Å². The second kappa shape index (κ2) is 8.31. The number of ether oxygens (including phenoxy) is 2. The van der Waals surface area contributed by atoms with Gasteiger partial charge >= 0.3 is 0 Å². The number of carbonyl (C=O) groups excluding carboxylic acids is 1. The molecule has 2 heterocycles. The third-order valence-electron chi connectivity index (χ3n) is 4.69. The third-order valence-corrected chi connectivity index (χ3v) is 4.69. The van der Waals surface area contributed by atoms with E-state index >= 15 is 0 Å². The van der Waals surface area contributed by atoms with Gasteiger partial charge in [-0.3, -0.25) is 9.69 Å². The van der Waals surface area contributed by atoms with Crippen LogP contribution in [0.1, 0.15) is 18.4 Å². The first-order valence-corrected chi connectivity index (χ1v) is 8.70. The zero-order chi connectivity index (χ0) is 16.8. The van der Waals surface area contributed by atoms with E-state index in [-0.39, 0.29) is 12.0 Å². The number of rotatable bonds is 5. The van der Waals surface area contributed by atoms with Crippen LogP contribution in [0.15, 0.2) is 30.3 Å². The molecule has 2 saturated heterocycles. The molecule has 0 aromatic heterocycles. The summed E-state index contributed by atoms with van der Waals surface area (Å²) in [5, 5.41) is 0. The molecule has 1 aromatic rings. The molecule has 0 spiro atoms. The Labute approximate surface area is 143 Å². The second-order valence-corrected chi connectivity index (χ2v) is 6.27. The number of methoxy groups -OCH3 is 1. The summed E-state index contributed by atoms with van der Waals surface area (Å²) in [5.74, 6) is 1.07. The van der Waals surface area contributed by atoms with Gasteiger partial charge in [0.05, 0.1) is 7.11 Å². The van der Waals surface area contributed by atoms with Crippen molar-refractivity contribution in [3.05, 3.63) is 35.9 Å². The lowest BCUT2D eigenvalue weighted by molar-refractivity contribution is -0.142. The van der Waals surface area contributed by atoms with Gasteiger partial charge in [-0.1, -0.05) is 30.4 Å². The molecule has 2 fully saturated rings. The molecule has 0 bridgehead atoms. The van der Waals surface area contributed by atoms with Crippen molar-refractivity contribution < 1.29 is 14.3 Å². The molecule has 130 valence electrons. The first-order valence-electron chi connectivity index (χ1n) is 8.70. The topological polar surface area (TPSA) is 42.0 Å². The second-order valence-electron chi connectivity index (χ2n) is 6.27. The van der Waals surface area contributed by atoms with E-state index in [0.717, 1.165) is 63.5 Å². The summed E-state index contributed by atoms with van der Waals surface area (Å²) in [7, 11) is 1.69.